The normalized spacial score (nSPS) is 13.2. The van der Waals surface area contributed by atoms with Crippen LogP contribution in [0.5, 0.6) is 0 Å². The van der Waals surface area contributed by atoms with Gasteiger partial charge in [0.2, 0.25) is 0 Å². The van der Waals surface area contributed by atoms with Gasteiger partial charge in [-0.25, -0.2) is 0 Å². The second-order valence-electron chi connectivity index (χ2n) is 4.89. The van der Waals surface area contributed by atoms with Crippen LogP contribution in [-0.2, 0) is 12.6 Å². The van der Waals surface area contributed by atoms with Crippen molar-refractivity contribution in [2.24, 2.45) is 0 Å². The van der Waals surface area contributed by atoms with Crippen LogP contribution in [0.4, 0.5) is 13.2 Å². The van der Waals surface area contributed by atoms with Crippen molar-refractivity contribution in [2.75, 3.05) is 0 Å². The molecule has 0 aliphatic heterocycles. The minimum atomic E-state index is -4.36. The lowest BCUT2D eigenvalue weighted by Crippen LogP contribution is -2.11. The molecule has 0 nitrogen and oxygen atoms in total. The van der Waals surface area contributed by atoms with Gasteiger partial charge in [-0.05, 0) is 36.6 Å². The van der Waals surface area contributed by atoms with E-state index in [2.05, 4.69) is 31.9 Å². The smallest absolute Gasteiger partial charge is 0.166 e. The Hall–Kier alpha value is -0.810. The van der Waals surface area contributed by atoms with Crippen LogP contribution in [0.25, 0.3) is 0 Å². The van der Waals surface area contributed by atoms with Gasteiger partial charge in [0, 0.05) is 9.30 Å². The first-order valence-electron chi connectivity index (χ1n) is 6.33. The Bertz CT molecular complexity index is 618. The van der Waals surface area contributed by atoms with Gasteiger partial charge < -0.3 is 0 Å². The first-order chi connectivity index (χ1) is 9.77. The fourth-order valence-corrected chi connectivity index (χ4v) is 3.22. The molecule has 21 heavy (non-hydrogen) atoms. The highest BCUT2D eigenvalue weighted by atomic mass is 79.9. The molecule has 0 bridgehead atoms. The van der Waals surface area contributed by atoms with E-state index >= 15 is 0 Å². The third-order valence-corrected chi connectivity index (χ3v) is 4.50. The predicted octanol–water partition coefficient (Wildman–Crippen LogP) is 6.46. The van der Waals surface area contributed by atoms with Crippen molar-refractivity contribution in [1.29, 1.82) is 0 Å². The molecule has 0 spiro atoms. The summed E-state index contributed by atoms with van der Waals surface area (Å²) < 4.78 is 39.8. The van der Waals surface area contributed by atoms with Gasteiger partial charge in [0.15, 0.2) is 0 Å². The van der Waals surface area contributed by atoms with Crippen molar-refractivity contribution < 1.29 is 13.2 Å². The van der Waals surface area contributed by atoms with Crippen LogP contribution < -0.4 is 0 Å². The molecule has 0 aliphatic carbocycles. The van der Waals surface area contributed by atoms with Gasteiger partial charge in [-0.15, -0.1) is 0 Å². The lowest BCUT2D eigenvalue weighted by atomic mass is 9.99. The Balaban J connectivity index is 2.30. The summed E-state index contributed by atoms with van der Waals surface area (Å²) in [6, 6.07) is 12.1. The topological polar surface area (TPSA) is 0 Å². The third-order valence-electron chi connectivity index (χ3n) is 3.19. The highest BCUT2D eigenvalue weighted by Crippen LogP contribution is 2.39. The molecule has 0 fully saturated rings. The lowest BCUT2D eigenvalue weighted by Gasteiger charge is -2.18. The largest absolute Gasteiger partial charge is 0.416 e. The third kappa shape index (κ3) is 4.33. The van der Waals surface area contributed by atoms with Crippen LogP contribution in [-0.4, -0.2) is 0 Å². The van der Waals surface area contributed by atoms with Crippen LogP contribution in [0.1, 0.15) is 27.1 Å². The standard InChI is InChI=1S/C16H13Br2F3/c1-10-2-4-11(5-3-10)8-15(18)13-7-6-12(17)9-14(13)16(19,20)21/h2-7,9,15H,8H2,1H3. The molecule has 5 heteroatoms. The molecule has 2 aromatic rings. The first-order valence-corrected chi connectivity index (χ1v) is 8.04. The molecular weight excluding hydrogens is 409 g/mol. The molecule has 0 aliphatic rings. The minimum absolute atomic E-state index is 0.256. The van der Waals surface area contributed by atoms with Crippen LogP contribution in [0.3, 0.4) is 0 Å². The molecule has 1 unspecified atom stereocenters. The van der Waals surface area contributed by atoms with E-state index < -0.39 is 11.7 Å². The molecule has 1 atom stereocenters. The van der Waals surface area contributed by atoms with Gasteiger partial charge in [0.1, 0.15) is 0 Å². The number of rotatable bonds is 3. The summed E-state index contributed by atoms with van der Waals surface area (Å²) in [5.41, 5.74) is 1.78. The van der Waals surface area contributed by atoms with E-state index in [9.17, 15) is 13.2 Å². The molecular formula is C16H13Br2F3. The van der Waals surface area contributed by atoms with Crippen LogP contribution >= 0.6 is 31.9 Å². The molecule has 0 heterocycles. The van der Waals surface area contributed by atoms with Crippen LogP contribution in [0.15, 0.2) is 46.9 Å². The highest BCUT2D eigenvalue weighted by molar-refractivity contribution is 9.10. The fraction of sp³-hybridized carbons (Fsp3) is 0.250. The zero-order valence-electron chi connectivity index (χ0n) is 11.2. The molecule has 0 N–H and O–H groups in total. The van der Waals surface area contributed by atoms with E-state index in [1.807, 2.05) is 31.2 Å². The van der Waals surface area contributed by atoms with Gasteiger partial charge in [0.05, 0.1) is 5.56 Å². The molecule has 0 radical (unpaired) electrons. The van der Waals surface area contributed by atoms with Gasteiger partial charge in [-0.2, -0.15) is 13.2 Å². The molecule has 0 aromatic heterocycles. The molecule has 2 aromatic carbocycles. The van der Waals surface area contributed by atoms with Crippen molar-refractivity contribution in [3.05, 3.63) is 69.2 Å². The van der Waals surface area contributed by atoms with E-state index in [-0.39, 0.29) is 10.4 Å². The Morgan fingerprint density at radius 1 is 1.05 bits per heavy atom. The molecule has 0 saturated carbocycles. The molecule has 2 rings (SSSR count). The summed E-state index contributed by atoms with van der Waals surface area (Å²) in [6.45, 7) is 1.98. The van der Waals surface area contributed by atoms with E-state index in [0.717, 1.165) is 17.2 Å². The number of aryl methyl sites for hydroxylation is 1. The van der Waals surface area contributed by atoms with Gasteiger partial charge in [0.25, 0.3) is 0 Å². The summed E-state index contributed by atoms with van der Waals surface area (Å²) in [4.78, 5) is -0.384. The summed E-state index contributed by atoms with van der Waals surface area (Å²) in [7, 11) is 0. The van der Waals surface area contributed by atoms with Crippen molar-refractivity contribution in [3.8, 4) is 0 Å². The Labute approximate surface area is 138 Å². The maximum atomic E-state index is 13.1. The molecule has 0 saturated heterocycles. The maximum Gasteiger partial charge on any atom is 0.416 e. The highest BCUT2D eigenvalue weighted by Gasteiger charge is 2.35. The second-order valence-corrected chi connectivity index (χ2v) is 6.91. The Morgan fingerprint density at radius 3 is 2.24 bits per heavy atom. The minimum Gasteiger partial charge on any atom is -0.166 e. The lowest BCUT2D eigenvalue weighted by molar-refractivity contribution is -0.138. The van der Waals surface area contributed by atoms with Crippen molar-refractivity contribution in [3.63, 3.8) is 0 Å². The monoisotopic (exact) mass is 420 g/mol. The van der Waals surface area contributed by atoms with Crippen molar-refractivity contribution in [1.82, 2.24) is 0 Å². The van der Waals surface area contributed by atoms with Crippen molar-refractivity contribution in [2.45, 2.75) is 24.3 Å². The number of halogens is 5. The summed E-state index contributed by atoms with van der Waals surface area (Å²) in [5, 5.41) is 0. The van der Waals surface area contributed by atoms with Gasteiger partial charge in [-0.3, -0.25) is 0 Å². The van der Waals surface area contributed by atoms with Crippen LogP contribution in [0, 0.1) is 6.92 Å². The van der Waals surface area contributed by atoms with E-state index in [0.29, 0.717) is 10.9 Å². The van der Waals surface area contributed by atoms with Gasteiger partial charge >= 0.3 is 6.18 Å². The SMILES string of the molecule is Cc1ccc(CC(Br)c2ccc(Br)cc2C(F)(F)F)cc1. The van der Waals surface area contributed by atoms with E-state index in [1.54, 1.807) is 6.07 Å². The molecule has 112 valence electrons. The average molecular weight is 422 g/mol. The second kappa shape index (κ2) is 6.53. The predicted molar refractivity (Wildman–Crippen MR) is 85.7 cm³/mol. The zero-order valence-corrected chi connectivity index (χ0v) is 14.4. The number of hydrogen-bond acceptors (Lipinski definition) is 0. The average Bonchev–Trinajstić information content (AvgIpc) is 2.40. The quantitative estimate of drug-likeness (QED) is 0.499. The number of alkyl halides is 4. The first kappa shape index (κ1) is 16.6. The van der Waals surface area contributed by atoms with Crippen molar-refractivity contribution >= 4 is 31.9 Å². The Morgan fingerprint density at radius 2 is 1.67 bits per heavy atom. The van der Waals surface area contributed by atoms with Gasteiger partial charge in [-0.1, -0.05) is 67.8 Å². The molecule has 0 amide bonds. The summed E-state index contributed by atoms with van der Waals surface area (Å²) in [5.74, 6) is 0. The van der Waals surface area contributed by atoms with E-state index in [1.165, 1.54) is 6.07 Å². The zero-order chi connectivity index (χ0) is 15.6. The van der Waals surface area contributed by atoms with Crippen LogP contribution in [0.2, 0.25) is 0 Å². The number of hydrogen-bond donors (Lipinski definition) is 0. The van der Waals surface area contributed by atoms with E-state index in [4.69, 9.17) is 0 Å². The summed E-state index contributed by atoms with van der Waals surface area (Å²) in [6.07, 6.45) is -3.86. The fourth-order valence-electron chi connectivity index (χ4n) is 2.09. The Kier molecular flexibility index (Phi) is 5.15. The number of benzene rings is 2. The summed E-state index contributed by atoms with van der Waals surface area (Å²) >= 11 is 6.49. The maximum absolute atomic E-state index is 13.1.